The number of para-hydroxylation sites is 1. The van der Waals surface area contributed by atoms with E-state index in [9.17, 15) is 5.11 Å². The molecule has 1 aliphatic rings. The van der Waals surface area contributed by atoms with Crippen LogP contribution in [0.5, 0.6) is 0 Å². The van der Waals surface area contributed by atoms with Crippen molar-refractivity contribution in [2.75, 3.05) is 18.5 Å². The Labute approximate surface area is 128 Å². The molecule has 21 heavy (non-hydrogen) atoms. The number of rotatable bonds is 8. The van der Waals surface area contributed by atoms with Crippen LogP contribution in [0.4, 0.5) is 5.69 Å². The summed E-state index contributed by atoms with van der Waals surface area (Å²) in [6, 6.07) is 8.33. The molecule has 1 aromatic carbocycles. The highest BCUT2D eigenvalue weighted by Gasteiger charge is 2.15. The highest BCUT2D eigenvalue weighted by Crippen LogP contribution is 2.20. The quantitative estimate of drug-likeness (QED) is 0.766. The van der Waals surface area contributed by atoms with E-state index >= 15 is 0 Å². The van der Waals surface area contributed by atoms with E-state index < -0.39 is 6.10 Å². The predicted molar refractivity (Wildman–Crippen MR) is 87.8 cm³/mol. The average Bonchev–Trinajstić information content (AvgIpc) is 2.53. The van der Waals surface area contributed by atoms with Crippen molar-refractivity contribution in [3.8, 4) is 0 Å². The maximum Gasteiger partial charge on any atom is 0.0945 e. The number of aryl methyl sites for hydroxylation is 1. The first-order chi connectivity index (χ1) is 10.3. The van der Waals surface area contributed by atoms with Crippen molar-refractivity contribution >= 4 is 5.69 Å². The van der Waals surface area contributed by atoms with Crippen LogP contribution >= 0.6 is 0 Å². The molecule has 0 spiro atoms. The first kappa shape index (κ1) is 16.3. The second kappa shape index (κ2) is 9.06. The molecule has 0 saturated heterocycles. The second-order valence-electron chi connectivity index (χ2n) is 6.04. The minimum atomic E-state index is -0.443. The van der Waals surface area contributed by atoms with E-state index in [2.05, 4.69) is 30.4 Å². The maximum absolute atomic E-state index is 10.1. The zero-order valence-electron chi connectivity index (χ0n) is 13.2. The van der Waals surface area contributed by atoms with Crippen LogP contribution in [0.2, 0.25) is 0 Å². The van der Waals surface area contributed by atoms with Crippen LogP contribution < -0.4 is 5.32 Å². The molecular weight excluding hydrogens is 262 g/mol. The number of hydrogen-bond acceptors (Lipinski definition) is 3. The monoisotopic (exact) mass is 291 g/mol. The van der Waals surface area contributed by atoms with Gasteiger partial charge in [-0.05, 0) is 30.9 Å². The van der Waals surface area contributed by atoms with Gasteiger partial charge in [0.1, 0.15) is 0 Å². The van der Waals surface area contributed by atoms with E-state index in [0.29, 0.717) is 19.3 Å². The third kappa shape index (κ3) is 5.68. The second-order valence-corrected chi connectivity index (χ2v) is 6.04. The summed E-state index contributed by atoms with van der Waals surface area (Å²) >= 11 is 0. The molecule has 0 radical (unpaired) electrons. The van der Waals surface area contributed by atoms with Gasteiger partial charge in [-0.25, -0.2) is 0 Å². The SMILES string of the molecule is CCCc1ccccc1NCC(O)COC1CCCCC1. The molecule has 0 aromatic heterocycles. The zero-order valence-corrected chi connectivity index (χ0v) is 13.2. The highest BCUT2D eigenvalue weighted by atomic mass is 16.5. The van der Waals surface area contributed by atoms with Crippen LogP contribution in [0.1, 0.15) is 51.0 Å². The highest BCUT2D eigenvalue weighted by molar-refractivity contribution is 5.51. The van der Waals surface area contributed by atoms with Crippen molar-refractivity contribution in [1.29, 1.82) is 0 Å². The van der Waals surface area contributed by atoms with E-state index in [0.717, 1.165) is 31.4 Å². The predicted octanol–water partition coefficient (Wildman–Crippen LogP) is 3.76. The van der Waals surface area contributed by atoms with Crippen LogP contribution in [0.3, 0.4) is 0 Å². The zero-order chi connectivity index (χ0) is 14.9. The topological polar surface area (TPSA) is 41.5 Å². The normalized spacial score (nSPS) is 17.6. The van der Waals surface area contributed by atoms with Crippen molar-refractivity contribution < 1.29 is 9.84 Å². The van der Waals surface area contributed by atoms with Crippen molar-refractivity contribution in [3.05, 3.63) is 29.8 Å². The summed E-state index contributed by atoms with van der Waals surface area (Å²) in [6.45, 7) is 3.17. The van der Waals surface area contributed by atoms with Crippen LogP contribution in [-0.4, -0.2) is 30.5 Å². The summed E-state index contributed by atoms with van der Waals surface area (Å²) in [5, 5.41) is 13.4. The van der Waals surface area contributed by atoms with Crippen LogP contribution in [0.25, 0.3) is 0 Å². The Kier molecular flexibility index (Phi) is 7.04. The first-order valence-electron chi connectivity index (χ1n) is 8.41. The molecule has 0 amide bonds. The summed E-state index contributed by atoms with van der Waals surface area (Å²) in [4.78, 5) is 0. The molecular formula is C18H29NO2. The van der Waals surface area contributed by atoms with Gasteiger partial charge in [-0.3, -0.25) is 0 Å². The number of hydrogen-bond donors (Lipinski definition) is 2. The minimum Gasteiger partial charge on any atom is -0.389 e. The van der Waals surface area contributed by atoms with Gasteiger partial charge in [0.05, 0.1) is 18.8 Å². The fourth-order valence-corrected chi connectivity index (χ4v) is 2.95. The Balaban J connectivity index is 1.71. The van der Waals surface area contributed by atoms with Gasteiger partial charge in [0.25, 0.3) is 0 Å². The van der Waals surface area contributed by atoms with Crippen LogP contribution in [0.15, 0.2) is 24.3 Å². The van der Waals surface area contributed by atoms with Gasteiger partial charge in [-0.2, -0.15) is 0 Å². The fourth-order valence-electron chi connectivity index (χ4n) is 2.95. The van der Waals surface area contributed by atoms with Gasteiger partial charge in [0.15, 0.2) is 0 Å². The average molecular weight is 291 g/mol. The molecule has 3 nitrogen and oxygen atoms in total. The number of nitrogens with one attached hydrogen (secondary N) is 1. The van der Waals surface area contributed by atoms with Gasteiger partial charge < -0.3 is 15.2 Å². The molecule has 0 bridgehead atoms. The number of benzene rings is 1. The van der Waals surface area contributed by atoms with Crippen molar-refractivity contribution in [3.63, 3.8) is 0 Å². The van der Waals surface area contributed by atoms with Crippen LogP contribution in [0, 0.1) is 0 Å². The Hall–Kier alpha value is -1.06. The lowest BCUT2D eigenvalue weighted by Gasteiger charge is -2.23. The lowest BCUT2D eigenvalue weighted by atomic mass is 9.98. The summed E-state index contributed by atoms with van der Waals surface area (Å²) in [6.07, 6.45) is 8.29. The molecule has 1 unspecified atom stereocenters. The van der Waals surface area contributed by atoms with E-state index in [-0.39, 0.29) is 0 Å². The summed E-state index contributed by atoms with van der Waals surface area (Å²) in [5.74, 6) is 0. The smallest absolute Gasteiger partial charge is 0.0945 e. The van der Waals surface area contributed by atoms with E-state index in [1.54, 1.807) is 0 Å². The summed E-state index contributed by atoms with van der Waals surface area (Å²) in [7, 11) is 0. The molecule has 1 saturated carbocycles. The first-order valence-corrected chi connectivity index (χ1v) is 8.41. The molecule has 0 aliphatic heterocycles. The molecule has 1 atom stereocenters. The Bertz CT molecular complexity index is 402. The molecule has 0 heterocycles. The van der Waals surface area contributed by atoms with Crippen molar-refractivity contribution in [1.82, 2.24) is 0 Å². The number of aliphatic hydroxyl groups is 1. The van der Waals surface area contributed by atoms with Crippen LogP contribution in [-0.2, 0) is 11.2 Å². The molecule has 2 N–H and O–H groups in total. The lowest BCUT2D eigenvalue weighted by Crippen LogP contribution is -2.28. The summed E-state index contributed by atoms with van der Waals surface area (Å²) < 4.78 is 5.82. The van der Waals surface area contributed by atoms with Crippen molar-refractivity contribution in [2.24, 2.45) is 0 Å². The molecule has 2 rings (SSSR count). The van der Waals surface area contributed by atoms with Gasteiger partial charge in [0, 0.05) is 12.2 Å². The molecule has 118 valence electrons. The summed E-state index contributed by atoms with van der Waals surface area (Å²) in [5.41, 5.74) is 2.46. The molecule has 1 aliphatic carbocycles. The lowest BCUT2D eigenvalue weighted by molar-refractivity contribution is -0.0195. The van der Waals surface area contributed by atoms with E-state index in [1.165, 1.54) is 24.8 Å². The third-order valence-electron chi connectivity index (χ3n) is 4.14. The molecule has 1 fully saturated rings. The van der Waals surface area contributed by atoms with Gasteiger partial charge >= 0.3 is 0 Å². The van der Waals surface area contributed by atoms with Crippen molar-refractivity contribution in [2.45, 2.75) is 64.1 Å². The standard InChI is InChI=1S/C18H29NO2/c1-2-8-15-9-6-7-12-18(15)19-13-16(20)14-21-17-10-4-3-5-11-17/h6-7,9,12,16-17,19-20H,2-5,8,10-11,13-14H2,1H3. The number of aliphatic hydroxyl groups excluding tert-OH is 1. The largest absolute Gasteiger partial charge is 0.389 e. The number of ether oxygens (including phenoxy) is 1. The van der Waals surface area contributed by atoms with E-state index in [4.69, 9.17) is 4.74 Å². The minimum absolute atomic E-state index is 0.362. The third-order valence-corrected chi connectivity index (χ3v) is 4.14. The Morgan fingerprint density at radius 2 is 2.00 bits per heavy atom. The molecule has 1 aromatic rings. The van der Waals surface area contributed by atoms with E-state index in [1.807, 2.05) is 6.07 Å². The van der Waals surface area contributed by atoms with Gasteiger partial charge in [-0.15, -0.1) is 0 Å². The Morgan fingerprint density at radius 3 is 2.76 bits per heavy atom. The van der Waals surface area contributed by atoms with Gasteiger partial charge in [0.2, 0.25) is 0 Å². The molecule has 3 heteroatoms. The maximum atomic E-state index is 10.1. The van der Waals surface area contributed by atoms with Gasteiger partial charge in [-0.1, -0.05) is 50.8 Å². The fraction of sp³-hybridized carbons (Fsp3) is 0.667. The Morgan fingerprint density at radius 1 is 1.24 bits per heavy atom. The number of anilines is 1.